The van der Waals surface area contributed by atoms with Gasteiger partial charge in [0.2, 0.25) is 11.8 Å². The number of pyridine rings is 1. The van der Waals surface area contributed by atoms with Crippen molar-refractivity contribution >= 4 is 86.7 Å². The third kappa shape index (κ3) is 8.08. The second-order valence-electron chi connectivity index (χ2n) is 9.19. The summed E-state index contributed by atoms with van der Waals surface area (Å²) in [5.41, 5.74) is 3.64. The van der Waals surface area contributed by atoms with Gasteiger partial charge >= 0.3 is 0 Å². The minimum absolute atomic E-state index is 0. The van der Waals surface area contributed by atoms with Gasteiger partial charge in [0, 0.05) is 42.0 Å². The Kier molecular flexibility index (Phi) is 12.0. The molecule has 9 nitrogen and oxygen atoms in total. The number of likely N-dealkylation sites (N-methyl/N-ethyl adjacent to an activating group) is 1. The summed E-state index contributed by atoms with van der Waals surface area (Å²) in [6.07, 6.45) is 4.78. The molecule has 0 spiro atoms. The number of fused-ring (bicyclic) bond motifs is 1. The van der Waals surface area contributed by atoms with Crippen LogP contribution in [0, 0.1) is 6.92 Å². The molecule has 0 saturated heterocycles. The van der Waals surface area contributed by atoms with Crippen LogP contribution in [0.25, 0.3) is 11.7 Å². The van der Waals surface area contributed by atoms with Gasteiger partial charge in [0.05, 0.1) is 22.9 Å². The first-order chi connectivity index (χ1) is 20.1. The molecule has 0 unspecified atom stereocenters. The second kappa shape index (κ2) is 15.2. The number of aryl methyl sites for hydroxylation is 1. The molecule has 3 amide bonds. The van der Waals surface area contributed by atoms with Crippen molar-refractivity contribution in [3.63, 3.8) is 0 Å². The topological polar surface area (TPSA) is 105 Å². The number of aromatic nitrogens is 2. The van der Waals surface area contributed by atoms with Crippen LogP contribution in [0.3, 0.4) is 0 Å². The monoisotopic (exact) mass is 707 g/mol. The lowest BCUT2D eigenvalue weighted by Crippen LogP contribution is -2.37. The Bertz CT molecular complexity index is 1670. The molecule has 2 heterocycles. The second-order valence-corrected chi connectivity index (χ2v) is 10.7. The van der Waals surface area contributed by atoms with Crippen LogP contribution in [0.2, 0.25) is 10.0 Å². The molecular weight excluding hydrogens is 681 g/mol. The molecule has 4 rings (SSSR count). The molecule has 2 aromatic heterocycles. The zero-order valence-electron chi connectivity index (χ0n) is 23.5. The average molecular weight is 710 g/mol. The molecule has 0 radical (unpaired) electrons. The Labute approximate surface area is 273 Å². The van der Waals surface area contributed by atoms with E-state index in [0.717, 1.165) is 15.9 Å². The fraction of sp³-hybridized carbons (Fsp3) is 0.200. The normalized spacial score (nSPS) is 10.8. The van der Waals surface area contributed by atoms with Crippen LogP contribution in [-0.2, 0) is 16.2 Å². The van der Waals surface area contributed by atoms with Crippen molar-refractivity contribution in [3.8, 4) is 5.75 Å². The van der Waals surface area contributed by atoms with E-state index in [0.29, 0.717) is 39.8 Å². The lowest BCUT2D eigenvalue weighted by molar-refractivity contribution is -0.122. The zero-order valence-corrected chi connectivity index (χ0v) is 27.4. The summed E-state index contributed by atoms with van der Waals surface area (Å²) < 4.78 is 8.74. The number of halogens is 4. The molecule has 2 aromatic carbocycles. The van der Waals surface area contributed by atoms with E-state index in [1.807, 2.05) is 30.5 Å². The predicted molar refractivity (Wildman–Crippen MR) is 176 cm³/mol. The van der Waals surface area contributed by atoms with Crippen LogP contribution in [0.15, 0.2) is 65.4 Å². The molecule has 43 heavy (non-hydrogen) atoms. The predicted octanol–water partition coefficient (Wildman–Crippen LogP) is 6.25. The number of carbonyl (C=O) groups excluding carboxylic acids is 3. The van der Waals surface area contributed by atoms with Crippen LogP contribution in [0.4, 0.5) is 5.69 Å². The fourth-order valence-electron chi connectivity index (χ4n) is 4.02. The fourth-order valence-corrected chi connectivity index (χ4v) is 5.00. The number of hydrogen-bond donors (Lipinski definition) is 2. The van der Waals surface area contributed by atoms with Gasteiger partial charge in [-0.1, -0.05) is 35.3 Å². The number of anilines is 1. The van der Waals surface area contributed by atoms with Crippen molar-refractivity contribution in [1.82, 2.24) is 20.0 Å². The average Bonchev–Trinajstić information content (AvgIpc) is 3.28. The molecule has 0 saturated carbocycles. The highest BCUT2D eigenvalue weighted by atomic mass is 79.9. The molecule has 0 aliphatic rings. The number of benzene rings is 2. The van der Waals surface area contributed by atoms with E-state index in [1.54, 1.807) is 55.6 Å². The van der Waals surface area contributed by atoms with Crippen LogP contribution in [0.5, 0.6) is 5.75 Å². The number of hydrogen-bond acceptors (Lipinski definition) is 5. The first-order valence-corrected chi connectivity index (χ1v) is 14.5. The summed E-state index contributed by atoms with van der Waals surface area (Å²) in [5.74, 6) is -0.455. The summed E-state index contributed by atoms with van der Waals surface area (Å²) in [7, 11) is 1.56. The van der Waals surface area contributed by atoms with E-state index in [2.05, 4.69) is 31.5 Å². The maximum absolute atomic E-state index is 12.9. The number of amides is 3. The Morgan fingerprint density at radius 2 is 1.81 bits per heavy atom. The zero-order chi connectivity index (χ0) is 30.4. The SMILES string of the molecule is CCNC(=O)c1ccc(C=CC(=O)NCC(=O)N(C)c2ccc(Cl)c(COc3cccn4c(Br)c(C)nc34)c2Cl)cc1.Cl. The van der Waals surface area contributed by atoms with Crippen molar-refractivity contribution in [2.24, 2.45) is 0 Å². The summed E-state index contributed by atoms with van der Waals surface area (Å²) >= 11 is 16.6. The van der Waals surface area contributed by atoms with Gasteiger partial charge in [0.15, 0.2) is 11.4 Å². The van der Waals surface area contributed by atoms with E-state index in [9.17, 15) is 14.4 Å². The van der Waals surface area contributed by atoms with Gasteiger partial charge in [-0.05, 0) is 77.8 Å². The molecule has 0 aliphatic carbocycles. The van der Waals surface area contributed by atoms with Crippen molar-refractivity contribution in [3.05, 3.63) is 97.8 Å². The molecule has 0 atom stereocenters. The van der Waals surface area contributed by atoms with Crippen molar-refractivity contribution < 1.29 is 19.1 Å². The first-order valence-electron chi connectivity index (χ1n) is 12.9. The Balaban J connectivity index is 0.00000506. The van der Waals surface area contributed by atoms with E-state index in [4.69, 9.17) is 27.9 Å². The Morgan fingerprint density at radius 1 is 1.09 bits per heavy atom. The lowest BCUT2D eigenvalue weighted by atomic mass is 10.1. The number of nitrogens with one attached hydrogen (secondary N) is 2. The Hall–Kier alpha value is -3.57. The largest absolute Gasteiger partial charge is 0.485 e. The Morgan fingerprint density at radius 3 is 2.51 bits per heavy atom. The maximum atomic E-state index is 12.9. The first kappa shape index (κ1) is 33.9. The standard InChI is InChI=1S/C30H28BrCl2N5O4.ClH/c1-4-34-30(41)20-10-7-19(8-11-20)9-14-25(39)35-16-26(40)37(3)23-13-12-22(32)21(27(23)33)17-42-24-6-5-15-38-28(31)18(2)36-29(24)38;/h5-15H,4,16-17H2,1-3H3,(H,34,41)(H,35,39);1H. The van der Waals surface area contributed by atoms with E-state index >= 15 is 0 Å². The van der Waals surface area contributed by atoms with E-state index in [1.165, 1.54) is 11.0 Å². The molecule has 226 valence electrons. The van der Waals surface area contributed by atoms with Crippen molar-refractivity contribution in [2.75, 3.05) is 25.0 Å². The van der Waals surface area contributed by atoms with E-state index < -0.39 is 5.91 Å². The van der Waals surface area contributed by atoms with Crippen molar-refractivity contribution in [2.45, 2.75) is 20.5 Å². The summed E-state index contributed by atoms with van der Waals surface area (Å²) in [5, 5.41) is 5.95. The number of carbonyl (C=O) groups is 3. The molecule has 2 N–H and O–H groups in total. The highest BCUT2D eigenvalue weighted by Gasteiger charge is 2.20. The third-order valence-corrected chi connectivity index (χ3v) is 8.07. The van der Waals surface area contributed by atoms with Gasteiger partial charge in [0.25, 0.3) is 5.91 Å². The van der Waals surface area contributed by atoms with Crippen LogP contribution in [-0.4, -0.2) is 47.2 Å². The highest BCUT2D eigenvalue weighted by Crippen LogP contribution is 2.35. The van der Waals surface area contributed by atoms with E-state index in [-0.39, 0.29) is 42.4 Å². The highest BCUT2D eigenvalue weighted by molar-refractivity contribution is 9.10. The molecule has 4 aromatic rings. The van der Waals surface area contributed by atoms with Gasteiger partial charge in [-0.25, -0.2) is 4.98 Å². The lowest BCUT2D eigenvalue weighted by Gasteiger charge is -2.21. The number of rotatable bonds is 10. The number of ether oxygens (including phenoxy) is 1. The quantitative estimate of drug-likeness (QED) is 0.190. The molecule has 0 bridgehead atoms. The molecule has 13 heteroatoms. The number of imidazole rings is 1. The number of nitrogens with zero attached hydrogens (tertiary/aromatic N) is 3. The van der Waals surface area contributed by atoms with Gasteiger partial charge in [-0.15, -0.1) is 12.4 Å². The summed E-state index contributed by atoms with van der Waals surface area (Å²) in [6.45, 7) is 4.06. The molecule has 0 aliphatic heterocycles. The van der Waals surface area contributed by atoms with Gasteiger partial charge in [0.1, 0.15) is 11.2 Å². The van der Waals surface area contributed by atoms with Crippen LogP contribution < -0.4 is 20.3 Å². The minimum atomic E-state index is -0.448. The molecule has 0 fully saturated rings. The minimum Gasteiger partial charge on any atom is -0.485 e. The van der Waals surface area contributed by atoms with Gasteiger partial charge < -0.3 is 20.3 Å². The summed E-state index contributed by atoms with van der Waals surface area (Å²) in [6, 6.07) is 13.7. The van der Waals surface area contributed by atoms with Gasteiger partial charge in [-0.3, -0.25) is 18.8 Å². The smallest absolute Gasteiger partial charge is 0.251 e. The third-order valence-electron chi connectivity index (χ3n) is 6.34. The van der Waals surface area contributed by atoms with Crippen LogP contribution >= 0.6 is 51.5 Å². The van der Waals surface area contributed by atoms with Crippen LogP contribution in [0.1, 0.15) is 34.1 Å². The van der Waals surface area contributed by atoms with Gasteiger partial charge in [-0.2, -0.15) is 0 Å². The van der Waals surface area contributed by atoms with Crippen molar-refractivity contribution in [1.29, 1.82) is 0 Å². The maximum Gasteiger partial charge on any atom is 0.251 e. The summed E-state index contributed by atoms with van der Waals surface area (Å²) in [4.78, 5) is 43.0. The molecular formula is C30H29BrCl3N5O4.